The molecular weight excluding hydrogens is 378 g/mol. The highest BCUT2D eigenvalue weighted by molar-refractivity contribution is 5.89. The van der Waals surface area contributed by atoms with E-state index in [1.54, 1.807) is 0 Å². The molecule has 10 heteroatoms. The molecule has 27 heavy (non-hydrogen) atoms. The summed E-state index contributed by atoms with van der Waals surface area (Å²) in [5.41, 5.74) is -3.20. The average Bonchev–Trinajstić information content (AvgIpc) is 2.91. The van der Waals surface area contributed by atoms with Crippen molar-refractivity contribution in [3.63, 3.8) is 0 Å². The number of alkyl halides is 6. The predicted molar refractivity (Wildman–Crippen MR) is 83.2 cm³/mol. The quantitative estimate of drug-likeness (QED) is 0.615. The lowest BCUT2D eigenvalue weighted by molar-refractivity contribution is -0.143. The van der Waals surface area contributed by atoms with Crippen LogP contribution in [0.15, 0.2) is 30.9 Å². The molecule has 2 rings (SSSR count). The van der Waals surface area contributed by atoms with Gasteiger partial charge in [-0.25, -0.2) is 0 Å². The smallest absolute Gasteiger partial charge is 0.352 e. The standard InChI is InChI=1S/C17H16F6N2O2/c1-2-3-24-15(27)11-6-14(26)25(9-11)8-10-4-12(16(18,19)20)7-13(5-10)17(21,22)23/h2,4-5,7,11H,1,3,6,8-9H2,(H,24,27)/t11-/m1/s1. The van der Waals surface area contributed by atoms with Gasteiger partial charge in [0.2, 0.25) is 11.8 Å². The van der Waals surface area contributed by atoms with E-state index in [2.05, 4.69) is 11.9 Å². The summed E-state index contributed by atoms with van der Waals surface area (Å²) in [6, 6.07) is 1.18. The van der Waals surface area contributed by atoms with E-state index in [-0.39, 0.29) is 31.1 Å². The van der Waals surface area contributed by atoms with Crippen LogP contribution < -0.4 is 5.32 Å². The number of rotatable bonds is 5. The van der Waals surface area contributed by atoms with E-state index < -0.39 is 47.8 Å². The predicted octanol–water partition coefficient (Wildman–Crippen LogP) is 3.37. The summed E-state index contributed by atoms with van der Waals surface area (Å²) < 4.78 is 77.4. The second kappa shape index (κ2) is 7.61. The Morgan fingerprint density at radius 3 is 2.19 bits per heavy atom. The Balaban J connectivity index is 2.22. The lowest BCUT2D eigenvalue weighted by Gasteiger charge is -2.19. The summed E-state index contributed by atoms with van der Waals surface area (Å²) in [4.78, 5) is 25.0. The Morgan fingerprint density at radius 2 is 1.70 bits per heavy atom. The first-order chi connectivity index (χ1) is 12.4. The van der Waals surface area contributed by atoms with Crippen LogP contribution in [-0.4, -0.2) is 29.8 Å². The summed E-state index contributed by atoms with van der Waals surface area (Å²) in [5.74, 6) is -1.66. The molecule has 0 aromatic heterocycles. The first-order valence-electron chi connectivity index (χ1n) is 7.86. The fourth-order valence-corrected chi connectivity index (χ4v) is 2.75. The van der Waals surface area contributed by atoms with Gasteiger partial charge in [-0.05, 0) is 23.8 Å². The minimum absolute atomic E-state index is 0.0286. The molecule has 0 saturated carbocycles. The molecule has 0 spiro atoms. The summed E-state index contributed by atoms with van der Waals surface area (Å²) in [7, 11) is 0. The molecular formula is C17H16F6N2O2. The summed E-state index contributed by atoms with van der Waals surface area (Å²) in [6.07, 6.45) is -8.64. The number of likely N-dealkylation sites (tertiary alicyclic amines) is 1. The fraction of sp³-hybridized carbons (Fsp3) is 0.412. The van der Waals surface area contributed by atoms with E-state index in [9.17, 15) is 35.9 Å². The van der Waals surface area contributed by atoms with Crippen molar-refractivity contribution >= 4 is 11.8 Å². The average molecular weight is 394 g/mol. The van der Waals surface area contributed by atoms with Crippen LogP contribution in [0.2, 0.25) is 0 Å². The minimum atomic E-state index is -4.96. The van der Waals surface area contributed by atoms with E-state index in [1.807, 2.05) is 0 Å². The first kappa shape index (κ1) is 20.8. The first-order valence-corrected chi connectivity index (χ1v) is 7.86. The second-order valence-corrected chi connectivity index (χ2v) is 6.12. The SMILES string of the molecule is C=CCNC(=O)[C@@H]1CC(=O)N(Cc2cc(C(F)(F)F)cc(C(F)(F)F)c2)C1. The van der Waals surface area contributed by atoms with E-state index in [4.69, 9.17) is 0 Å². The van der Waals surface area contributed by atoms with Crippen LogP contribution in [0.25, 0.3) is 0 Å². The number of hydrogen-bond acceptors (Lipinski definition) is 2. The summed E-state index contributed by atoms with van der Waals surface area (Å²) >= 11 is 0. The van der Waals surface area contributed by atoms with Crippen LogP contribution in [0.4, 0.5) is 26.3 Å². The number of hydrogen-bond donors (Lipinski definition) is 1. The van der Waals surface area contributed by atoms with Crippen LogP contribution in [0.1, 0.15) is 23.1 Å². The molecule has 148 valence electrons. The Labute approximate surface area is 150 Å². The monoisotopic (exact) mass is 394 g/mol. The van der Waals surface area contributed by atoms with E-state index >= 15 is 0 Å². The number of carbonyl (C=O) groups is 2. The highest BCUT2D eigenvalue weighted by atomic mass is 19.4. The highest BCUT2D eigenvalue weighted by Crippen LogP contribution is 2.36. The highest BCUT2D eigenvalue weighted by Gasteiger charge is 2.38. The zero-order valence-corrected chi connectivity index (χ0v) is 14.0. The number of nitrogens with one attached hydrogen (secondary N) is 1. The summed E-state index contributed by atoms with van der Waals surface area (Å²) in [5, 5.41) is 2.50. The van der Waals surface area contributed by atoms with Crippen LogP contribution in [0.5, 0.6) is 0 Å². The van der Waals surface area contributed by atoms with Gasteiger partial charge in [-0.1, -0.05) is 6.08 Å². The molecule has 0 aliphatic carbocycles. The number of benzene rings is 1. The van der Waals surface area contributed by atoms with E-state index in [1.165, 1.54) is 6.08 Å². The van der Waals surface area contributed by atoms with E-state index in [0.717, 1.165) is 4.90 Å². The molecule has 1 aromatic carbocycles. The van der Waals surface area contributed by atoms with Crippen molar-refractivity contribution in [1.29, 1.82) is 0 Å². The third kappa shape index (κ3) is 5.24. The molecule has 1 N–H and O–H groups in total. The van der Waals surface area contributed by atoms with Gasteiger partial charge in [0.25, 0.3) is 0 Å². The molecule has 4 nitrogen and oxygen atoms in total. The van der Waals surface area contributed by atoms with Gasteiger partial charge in [0.05, 0.1) is 17.0 Å². The number of nitrogens with zero attached hydrogens (tertiary/aromatic N) is 1. The number of amides is 2. The number of halogens is 6. The zero-order valence-electron chi connectivity index (χ0n) is 14.0. The topological polar surface area (TPSA) is 49.4 Å². The van der Waals surface area contributed by atoms with Crippen LogP contribution >= 0.6 is 0 Å². The van der Waals surface area contributed by atoms with Crippen LogP contribution in [0, 0.1) is 5.92 Å². The van der Waals surface area contributed by atoms with Crippen molar-refractivity contribution in [2.75, 3.05) is 13.1 Å². The lowest BCUT2D eigenvalue weighted by atomic mass is 10.0. The minimum Gasteiger partial charge on any atom is -0.352 e. The van der Waals surface area contributed by atoms with Crippen molar-refractivity contribution in [2.24, 2.45) is 5.92 Å². The maximum atomic E-state index is 12.9. The zero-order chi connectivity index (χ0) is 20.4. The van der Waals surface area contributed by atoms with Crippen molar-refractivity contribution in [1.82, 2.24) is 10.2 Å². The molecule has 0 bridgehead atoms. The fourth-order valence-electron chi connectivity index (χ4n) is 2.75. The third-order valence-electron chi connectivity index (χ3n) is 4.03. The molecule has 2 amide bonds. The van der Waals surface area contributed by atoms with Gasteiger partial charge in [-0.15, -0.1) is 6.58 Å². The number of carbonyl (C=O) groups excluding carboxylic acids is 2. The van der Waals surface area contributed by atoms with Gasteiger partial charge in [0.15, 0.2) is 0 Å². The Hall–Kier alpha value is -2.52. The van der Waals surface area contributed by atoms with Gasteiger partial charge in [0, 0.05) is 26.1 Å². The van der Waals surface area contributed by atoms with E-state index in [0.29, 0.717) is 12.1 Å². The van der Waals surface area contributed by atoms with Gasteiger partial charge in [-0.3, -0.25) is 9.59 Å². The van der Waals surface area contributed by atoms with Gasteiger partial charge in [-0.2, -0.15) is 26.3 Å². The molecule has 1 fully saturated rings. The van der Waals surface area contributed by atoms with Gasteiger partial charge in [0.1, 0.15) is 0 Å². The normalized spacial score (nSPS) is 17.9. The molecule has 1 heterocycles. The van der Waals surface area contributed by atoms with Crippen molar-refractivity contribution in [3.05, 3.63) is 47.5 Å². The molecule has 0 unspecified atom stereocenters. The Morgan fingerprint density at radius 1 is 1.15 bits per heavy atom. The maximum Gasteiger partial charge on any atom is 0.416 e. The largest absolute Gasteiger partial charge is 0.416 e. The van der Waals surface area contributed by atoms with Crippen molar-refractivity contribution in [3.8, 4) is 0 Å². The second-order valence-electron chi connectivity index (χ2n) is 6.12. The molecule has 1 saturated heterocycles. The third-order valence-corrected chi connectivity index (χ3v) is 4.03. The maximum absolute atomic E-state index is 12.9. The molecule has 1 aliphatic heterocycles. The van der Waals surface area contributed by atoms with Crippen LogP contribution in [0.3, 0.4) is 0 Å². The van der Waals surface area contributed by atoms with Crippen molar-refractivity contribution < 1.29 is 35.9 Å². The summed E-state index contributed by atoms with van der Waals surface area (Å²) in [6.45, 7) is 3.08. The van der Waals surface area contributed by atoms with Crippen LogP contribution in [-0.2, 0) is 28.5 Å². The van der Waals surface area contributed by atoms with Gasteiger partial charge < -0.3 is 10.2 Å². The van der Waals surface area contributed by atoms with Crippen molar-refractivity contribution in [2.45, 2.75) is 25.3 Å². The molecule has 0 radical (unpaired) electrons. The Kier molecular flexibility index (Phi) is 5.86. The lowest BCUT2D eigenvalue weighted by Crippen LogP contribution is -2.32. The Bertz CT molecular complexity index is 710. The molecule has 1 atom stereocenters. The molecule has 1 aromatic rings. The molecule has 1 aliphatic rings. The van der Waals surface area contributed by atoms with Gasteiger partial charge >= 0.3 is 12.4 Å².